The number of hydrogen-bond acceptors (Lipinski definition) is 5. The Morgan fingerprint density at radius 3 is 2.57 bits per heavy atom. The summed E-state index contributed by atoms with van der Waals surface area (Å²) in [5.74, 6) is -0.959. The van der Waals surface area contributed by atoms with Crippen LogP contribution in [-0.2, 0) is 23.8 Å². The molecular formula is C18H30O5. The summed E-state index contributed by atoms with van der Waals surface area (Å²) in [4.78, 5) is 25.2. The maximum Gasteiger partial charge on any atom is 0.328 e. The van der Waals surface area contributed by atoms with Crippen LogP contribution in [0.25, 0.3) is 0 Å². The van der Waals surface area contributed by atoms with Crippen molar-refractivity contribution in [1.82, 2.24) is 0 Å². The molecular weight excluding hydrogens is 296 g/mol. The standard InChI is InChI=1S/C18H30O5/c1-5-6-7-8-9-10-13-18(16(20)23-17(2,3)4)12-11-14(21-13)22-15(18)19/h13-14H,5-12H2,1-4H3/t13-,14-,18-/m0/s1. The van der Waals surface area contributed by atoms with E-state index in [-0.39, 0.29) is 0 Å². The lowest BCUT2D eigenvalue weighted by atomic mass is 9.72. The average Bonchev–Trinajstić information content (AvgIpc) is 2.45. The Morgan fingerprint density at radius 2 is 1.96 bits per heavy atom. The molecule has 3 aliphatic rings. The highest BCUT2D eigenvalue weighted by atomic mass is 16.7. The van der Waals surface area contributed by atoms with E-state index >= 15 is 0 Å². The van der Waals surface area contributed by atoms with Gasteiger partial charge in [-0.05, 0) is 33.6 Å². The van der Waals surface area contributed by atoms with Crippen molar-refractivity contribution in [2.75, 3.05) is 0 Å². The minimum Gasteiger partial charge on any atom is -0.459 e. The molecule has 5 heteroatoms. The summed E-state index contributed by atoms with van der Waals surface area (Å²) >= 11 is 0. The fourth-order valence-corrected chi connectivity index (χ4v) is 3.35. The van der Waals surface area contributed by atoms with Gasteiger partial charge in [0.2, 0.25) is 6.29 Å². The second kappa shape index (κ2) is 7.20. The molecule has 132 valence electrons. The van der Waals surface area contributed by atoms with E-state index < -0.39 is 35.3 Å². The van der Waals surface area contributed by atoms with Crippen molar-refractivity contribution in [1.29, 1.82) is 0 Å². The normalized spacial score (nSPS) is 30.2. The van der Waals surface area contributed by atoms with Gasteiger partial charge >= 0.3 is 11.9 Å². The molecule has 5 nitrogen and oxygen atoms in total. The Morgan fingerprint density at radius 1 is 1.26 bits per heavy atom. The Balaban J connectivity index is 2.06. The maximum atomic E-state index is 12.7. The van der Waals surface area contributed by atoms with Gasteiger partial charge in [-0.3, -0.25) is 9.59 Å². The van der Waals surface area contributed by atoms with Gasteiger partial charge in [0.05, 0.1) is 6.10 Å². The van der Waals surface area contributed by atoms with Crippen LogP contribution in [0.15, 0.2) is 0 Å². The number of unbranched alkanes of at least 4 members (excludes halogenated alkanes) is 4. The monoisotopic (exact) mass is 326 g/mol. The molecule has 3 saturated heterocycles. The van der Waals surface area contributed by atoms with Crippen molar-refractivity contribution >= 4 is 11.9 Å². The molecule has 0 N–H and O–H groups in total. The number of carbonyl (C=O) groups excluding carboxylic acids is 2. The SMILES string of the molecule is CCCCCCC[C@@H]1O[C@@H]2CC[C@@]1(C(=O)OC(C)(C)C)C(=O)O2. The molecule has 0 unspecified atom stereocenters. The first-order valence-electron chi connectivity index (χ1n) is 8.89. The van der Waals surface area contributed by atoms with Crippen LogP contribution in [0.2, 0.25) is 0 Å². The Hall–Kier alpha value is -1.10. The fourth-order valence-electron chi connectivity index (χ4n) is 3.35. The van der Waals surface area contributed by atoms with Crippen molar-refractivity contribution in [3.8, 4) is 0 Å². The predicted molar refractivity (Wildman–Crippen MR) is 85.6 cm³/mol. The van der Waals surface area contributed by atoms with E-state index in [1.54, 1.807) is 0 Å². The highest BCUT2D eigenvalue weighted by Gasteiger charge is 2.63. The van der Waals surface area contributed by atoms with Crippen LogP contribution < -0.4 is 0 Å². The molecule has 0 aromatic heterocycles. The minimum atomic E-state index is -1.27. The third-order valence-electron chi connectivity index (χ3n) is 4.58. The Kier molecular flexibility index (Phi) is 5.71. The third-order valence-corrected chi connectivity index (χ3v) is 4.58. The Labute approximate surface area is 139 Å². The van der Waals surface area contributed by atoms with Crippen LogP contribution in [0.4, 0.5) is 0 Å². The summed E-state index contributed by atoms with van der Waals surface area (Å²) in [5.41, 5.74) is -1.90. The smallest absolute Gasteiger partial charge is 0.328 e. The molecule has 3 rings (SSSR count). The quantitative estimate of drug-likeness (QED) is 0.405. The minimum absolute atomic E-state index is 0.418. The van der Waals surface area contributed by atoms with E-state index in [4.69, 9.17) is 14.2 Å². The van der Waals surface area contributed by atoms with E-state index in [1.807, 2.05) is 20.8 Å². The lowest BCUT2D eigenvalue weighted by molar-refractivity contribution is -0.280. The van der Waals surface area contributed by atoms with Crippen LogP contribution in [0, 0.1) is 5.41 Å². The van der Waals surface area contributed by atoms with E-state index in [1.165, 1.54) is 19.3 Å². The van der Waals surface area contributed by atoms with Crippen molar-refractivity contribution in [2.45, 2.75) is 97.1 Å². The van der Waals surface area contributed by atoms with Crippen LogP contribution >= 0.6 is 0 Å². The third kappa shape index (κ3) is 4.06. The summed E-state index contributed by atoms with van der Waals surface area (Å²) in [6.45, 7) is 7.60. The lowest BCUT2D eigenvalue weighted by Gasteiger charge is -2.48. The molecule has 0 aromatic rings. The summed E-state index contributed by atoms with van der Waals surface area (Å²) in [6.07, 6.45) is 6.45. The molecule has 3 heterocycles. The van der Waals surface area contributed by atoms with Gasteiger partial charge in [0.25, 0.3) is 0 Å². The molecule has 0 radical (unpaired) electrons. The van der Waals surface area contributed by atoms with Crippen LogP contribution in [0.1, 0.15) is 79.1 Å². The molecule has 0 aromatic carbocycles. The van der Waals surface area contributed by atoms with Gasteiger partial charge in [-0.15, -0.1) is 0 Å². The van der Waals surface area contributed by atoms with Gasteiger partial charge in [0, 0.05) is 6.42 Å². The van der Waals surface area contributed by atoms with Crippen molar-refractivity contribution in [3.05, 3.63) is 0 Å². The van der Waals surface area contributed by atoms with E-state index in [2.05, 4.69) is 6.92 Å². The predicted octanol–water partition coefficient (Wildman–Crippen LogP) is 3.74. The van der Waals surface area contributed by atoms with Crippen molar-refractivity contribution in [3.63, 3.8) is 0 Å². The average molecular weight is 326 g/mol. The van der Waals surface area contributed by atoms with Crippen molar-refractivity contribution < 1.29 is 23.8 Å². The molecule has 3 atom stereocenters. The fraction of sp³-hybridized carbons (Fsp3) is 0.889. The number of esters is 2. The van der Waals surface area contributed by atoms with Crippen LogP contribution in [0.5, 0.6) is 0 Å². The number of hydrogen-bond donors (Lipinski definition) is 0. The molecule has 0 amide bonds. The summed E-state index contributed by atoms with van der Waals surface area (Å²) in [5, 5.41) is 0. The van der Waals surface area contributed by atoms with Crippen molar-refractivity contribution in [2.24, 2.45) is 5.41 Å². The summed E-state index contributed by atoms with van der Waals surface area (Å²) in [6, 6.07) is 0. The topological polar surface area (TPSA) is 61.8 Å². The van der Waals surface area contributed by atoms with Gasteiger partial charge in [0.15, 0.2) is 5.41 Å². The lowest BCUT2D eigenvalue weighted by Crippen LogP contribution is -2.62. The first-order valence-corrected chi connectivity index (χ1v) is 8.89. The largest absolute Gasteiger partial charge is 0.459 e. The van der Waals surface area contributed by atoms with Gasteiger partial charge in [0.1, 0.15) is 5.60 Å². The van der Waals surface area contributed by atoms with Crippen LogP contribution in [0.3, 0.4) is 0 Å². The zero-order chi connectivity index (χ0) is 17.1. The van der Waals surface area contributed by atoms with Gasteiger partial charge in [-0.2, -0.15) is 0 Å². The number of rotatable bonds is 7. The van der Waals surface area contributed by atoms with Gasteiger partial charge < -0.3 is 14.2 Å². The molecule has 0 aliphatic carbocycles. The second-order valence-electron chi connectivity index (χ2n) is 7.67. The summed E-state index contributed by atoms with van der Waals surface area (Å²) < 4.78 is 16.6. The number of ether oxygens (including phenoxy) is 3. The molecule has 3 fully saturated rings. The molecule has 23 heavy (non-hydrogen) atoms. The highest BCUT2D eigenvalue weighted by Crippen LogP contribution is 2.47. The highest BCUT2D eigenvalue weighted by molar-refractivity contribution is 6.01. The van der Waals surface area contributed by atoms with E-state index in [0.29, 0.717) is 19.3 Å². The molecule has 0 saturated carbocycles. The number of carbonyl (C=O) groups is 2. The van der Waals surface area contributed by atoms with Gasteiger partial charge in [-0.25, -0.2) is 0 Å². The Bertz CT molecular complexity index is 439. The zero-order valence-electron chi connectivity index (χ0n) is 14.9. The first kappa shape index (κ1) is 18.2. The zero-order valence-corrected chi connectivity index (χ0v) is 14.9. The second-order valence-corrected chi connectivity index (χ2v) is 7.67. The maximum absolute atomic E-state index is 12.7. The molecule has 3 aliphatic heterocycles. The summed E-state index contributed by atoms with van der Waals surface area (Å²) in [7, 11) is 0. The van der Waals surface area contributed by atoms with E-state index in [9.17, 15) is 9.59 Å². The number of fused-ring (bicyclic) bond motifs is 3. The van der Waals surface area contributed by atoms with Gasteiger partial charge in [-0.1, -0.05) is 39.0 Å². The molecule has 2 bridgehead atoms. The van der Waals surface area contributed by atoms with Crippen LogP contribution in [-0.4, -0.2) is 29.9 Å². The molecule has 0 spiro atoms. The first-order chi connectivity index (χ1) is 10.8. The van der Waals surface area contributed by atoms with E-state index in [0.717, 1.165) is 12.8 Å².